The summed E-state index contributed by atoms with van der Waals surface area (Å²) in [5.41, 5.74) is 0. The zero-order chi connectivity index (χ0) is 13.1. The van der Waals surface area contributed by atoms with Crippen molar-refractivity contribution >= 4 is 17.6 Å². The van der Waals surface area contributed by atoms with E-state index in [1.165, 1.54) is 30.9 Å². The monoisotopic (exact) mass is 277 g/mol. The summed E-state index contributed by atoms with van der Waals surface area (Å²) in [4.78, 5) is 8.33. The second-order valence-electron chi connectivity index (χ2n) is 4.44. The van der Waals surface area contributed by atoms with E-state index in [0.717, 1.165) is 28.8 Å². The molecule has 0 aliphatic heterocycles. The van der Waals surface area contributed by atoms with Gasteiger partial charge in [0, 0.05) is 13.1 Å². The normalized spacial score (nSPS) is 15.8. The van der Waals surface area contributed by atoms with Crippen molar-refractivity contribution in [2.75, 3.05) is 12.4 Å². The van der Waals surface area contributed by atoms with Gasteiger partial charge in [0.25, 0.3) is 0 Å². The lowest BCUT2D eigenvalue weighted by molar-refractivity contribution is 0.423. The predicted molar refractivity (Wildman–Crippen MR) is 71.0 cm³/mol. The Labute approximate surface area is 115 Å². The van der Waals surface area contributed by atoms with Gasteiger partial charge in [0.1, 0.15) is 17.2 Å². The lowest BCUT2D eigenvalue weighted by Crippen LogP contribution is -2.08. The Hall–Kier alpha value is -1.70. The molecule has 0 unspecified atom stereocenters. The van der Waals surface area contributed by atoms with Gasteiger partial charge in [0.15, 0.2) is 0 Å². The molecule has 0 amide bonds. The van der Waals surface area contributed by atoms with E-state index in [0.29, 0.717) is 6.04 Å². The molecule has 1 aliphatic carbocycles. The van der Waals surface area contributed by atoms with E-state index in [4.69, 9.17) is 0 Å². The Kier molecular flexibility index (Phi) is 3.58. The van der Waals surface area contributed by atoms with E-state index in [2.05, 4.69) is 30.8 Å². The molecule has 0 aromatic carbocycles. The van der Waals surface area contributed by atoms with Crippen LogP contribution in [0, 0.1) is 0 Å². The quantitative estimate of drug-likeness (QED) is 0.853. The SMILES string of the molecule is CNc1cc(Sc2nnnn2C2CCCC2)ncn1. The average molecular weight is 277 g/mol. The van der Waals surface area contributed by atoms with Crippen LogP contribution < -0.4 is 5.32 Å². The maximum atomic E-state index is 4.23. The minimum Gasteiger partial charge on any atom is -0.373 e. The molecule has 1 aliphatic rings. The summed E-state index contributed by atoms with van der Waals surface area (Å²) in [6, 6.07) is 2.32. The van der Waals surface area contributed by atoms with Crippen LogP contribution in [-0.2, 0) is 0 Å². The van der Waals surface area contributed by atoms with Gasteiger partial charge in [-0.1, -0.05) is 12.8 Å². The van der Waals surface area contributed by atoms with E-state index < -0.39 is 0 Å². The lowest BCUT2D eigenvalue weighted by Gasteiger charge is -2.10. The standard InChI is InChI=1S/C11H15N7S/c1-12-9-6-10(14-7-13-9)19-11-15-16-17-18(11)8-4-2-3-5-8/h6-8H,2-5H2,1H3,(H,12,13,14). The number of tetrazole rings is 1. The molecule has 7 nitrogen and oxygen atoms in total. The molecule has 8 heteroatoms. The molecule has 0 spiro atoms. The highest BCUT2D eigenvalue weighted by Crippen LogP contribution is 2.33. The highest BCUT2D eigenvalue weighted by atomic mass is 32.2. The lowest BCUT2D eigenvalue weighted by atomic mass is 10.3. The van der Waals surface area contributed by atoms with Gasteiger partial charge in [-0.15, -0.1) is 5.10 Å². The molecule has 0 saturated heterocycles. The summed E-state index contributed by atoms with van der Waals surface area (Å²) in [5, 5.41) is 16.6. The van der Waals surface area contributed by atoms with Crippen LogP contribution >= 0.6 is 11.8 Å². The van der Waals surface area contributed by atoms with Crippen molar-refractivity contribution < 1.29 is 0 Å². The third-order valence-corrected chi connectivity index (χ3v) is 4.11. The fraction of sp³-hybridized carbons (Fsp3) is 0.545. The van der Waals surface area contributed by atoms with E-state index >= 15 is 0 Å². The zero-order valence-electron chi connectivity index (χ0n) is 10.7. The molecule has 1 N–H and O–H groups in total. The predicted octanol–water partition coefficient (Wildman–Crippen LogP) is 1.77. The van der Waals surface area contributed by atoms with Crippen LogP contribution in [0.15, 0.2) is 22.6 Å². The fourth-order valence-electron chi connectivity index (χ4n) is 2.26. The largest absolute Gasteiger partial charge is 0.373 e. The average Bonchev–Trinajstić information content (AvgIpc) is 3.09. The first-order chi connectivity index (χ1) is 9.36. The van der Waals surface area contributed by atoms with Gasteiger partial charge in [0.05, 0.1) is 6.04 Å². The summed E-state index contributed by atoms with van der Waals surface area (Å²) >= 11 is 1.47. The second kappa shape index (κ2) is 5.52. The van der Waals surface area contributed by atoms with E-state index in [9.17, 15) is 0 Å². The zero-order valence-corrected chi connectivity index (χ0v) is 11.5. The van der Waals surface area contributed by atoms with Gasteiger partial charge in [-0.05, 0) is 35.0 Å². The van der Waals surface area contributed by atoms with Crippen molar-refractivity contribution in [3.63, 3.8) is 0 Å². The van der Waals surface area contributed by atoms with Crippen molar-refractivity contribution in [1.82, 2.24) is 30.2 Å². The van der Waals surface area contributed by atoms with Crippen LogP contribution in [0.4, 0.5) is 5.82 Å². The van der Waals surface area contributed by atoms with E-state index in [1.807, 2.05) is 17.8 Å². The molecule has 0 bridgehead atoms. The topological polar surface area (TPSA) is 81.4 Å². The summed E-state index contributed by atoms with van der Waals surface area (Å²) in [6.07, 6.45) is 6.37. The van der Waals surface area contributed by atoms with E-state index in [1.54, 1.807) is 0 Å². The Morgan fingerprint density at radius 3 is 2.95 bits per heavy atom. The molecule has 2 heterocycles. The first-order valence-electron chi connectivity index (χ1n) is 6.32. The van der Waals surface area contributed by atoms with Gasteiger partial charge in [-0.3, -0.25) is 0 Å². The van der Waals surface area contributed by atoms with Gasteiger partial charge in [0.2, 0.25) is 5.16 Å². The van der Waals surface area contributed by atoms with Gasteiger partial charge in [-0.2, -0.15) is 0 Å². The number of anilines is 1. The first kappa shape index (κ1) is 12.3. The summed E-state index contributed by atoms with van der Waals surface area (Å²) in [7, 11) is 1.83. The number of aromatic nitrogens is 6. The molecular weight excluding hydrogens is 262 g/mol. The van der Waals surface area contributed by atoms with Crippen LogP contribution in [0.25, 0.3) is 0 Å². The van der Waals surface area contributed by atoms with Gasteiger partial charge in [-0.25, -0.2) is 14.6 Å². The summed E-state index contributed by atoms with van der Waals surface area (Å²) in [6.45, 7) is 0. The molecule has 0 radical (unpaired) electrons. The van der Waals surface area contributed by atoms with Crippen molar-refractivity contribution in [1.29, 1.82) is 0 Å². The highest BCUT2D eigenvalue weighted by Gasteiger charge is 2.22. The smallest absolute Gasteiger partial charge is 0.215 e. The summed E-state index contributed by atoms with van der Waals surface area (Å²) in [5.74, 6) is 0.789. The molecule has 1 saturated carbocycles. The summed E-state index contributed by atoms with van der Waals surface area (Å²) < 4.78 is 1.93. The minimum atomic E-state index is 0.433. The van der Waals surface area contributed by atoms with Crippen LogP contribution in [-0.4, -0.2) is 37.2 Å². The number of nitrogens with one attached hydrogen (secondary N) is 1. The maximum absolute atomic E-state index is 4.23. The first-order valence-corrected chi connectivity index (χ1v) is 7.14. The van der Waals surface area contributed by atoms with Crippen LogP contribution in [0.3, 0.4) is 0 Å². The van der Waals surface area contributed by atoms with Crippen molar-refractivity contribution in [2.24, 2.45) is 0 Å². The molecule has 2 aromatic rings. The molecule has 1 fully saturated rings. The fourth-order valence-corrected chi connectivity index (χ4v) is 3.07. The van der Waals surface area contributed by atoms with Gasteiger partial charge >= 0.3 is 0 Å². The molecular formula is C11H15N7S. The van der Waals surface area contributed by atoms with Crippen molar-refractivity contribution in [2.45, 2.75) is 41.9 Å². The molecule has 2 aromatic heterocycles. The number of hydrogen-bond acceptors (Lipinski definition) is 7. The Morgan fingerprint density at radius 1 is 1.32 bits per heavy atom. The van der Waals surface area contributed by atoms with Crippen LogP contribution in [0.5, 0.6) is 0 Å². The van der Waals surface area contributed by atoms with Crippen molar-refractivity contribution in [3.8, 4) is 0 Å². The third kappa shape index (κ3) is 2.67. The van der Waals surface area contributed by atoms with Crippen molar-refractivity contribution in [3.05, 3.63) is 12.4 Å². The maximum Gasteiger partial charge on any atom is 0.215 e. The number of rotatable bonds is 4. The number of hydrogen-bond donors (Lipinski definition) is 1. The molecule has 0 atom stereocenters. The van der Waals surface area contributed by atoms with Crippen LogP contribution in [0.1, 0.15) is 31.7 Å². The third-order valence-electron chi connectivity index (χ3n) is 3.23. The Balaban J connectivity index is 1.81. The Bertz CT molecular complexity index is 549. The highest BCUT2D eigenvalue weighted by molar-refractivity contribution is 7.99. The Morgan fingerprint density at radius 2 is 2.16 bits per heavy atom. The van der Waals surface area contributed by atoms with Gasteiger partial charge < -0.3 is 5.32 Å². The second-order valence-corrected chi connectivity index (χ2v) is 5.43. The molecule has 3 rings (SSSR count). The minimum absolute atomic E-state index is 0.433. The number of nitrogens with zero attached hydrogens (tertiary/aromatic N) is 6. The molecule has 100 valence electrons. The molecule has 19 heavy (non-hydrogen) atoms. The van der Waals surface area contributed by atoms with E-state index in [-0.39, 0.29) is 0 Å². The van der Waals surface area contributed by atoms with Crippen LogP contribution in [0.2, 0.25) is 0 Å².